The lowest BCUT2D eigenvalue weighted by Crippen LogP contribution is -2.54. The molecule has 2 aromatic carbocycles. The lowest BCUT2D eigenvalue weighted by atomic mass is 10.1. The first-order valence-corrected chi connectivity index (χ1v) is 12.8. The summed E-state index contributed by atoms with van der Waals surface area (Å²) in [5.74, 6) is -0.833. The van der Waals surface area contributed by atoms with Gasteiger partial charge >= 0.3 is 0 Å². The zero-order valence-electron chi connectivity index (χ0n) is 19.9. The summed E-state index contributed by atoms with van der Waals surface area (Å²) in [4.78, 5) is 27.8. The van der Waals surface area contributed by atoms with Crippen LogP contribution in [-0.4, -0.2) is 49.5 Å². The van der Waals surface area contributed by atoms with E-state index >= 15 is 0 Å². The molecule has 1 atom stereocenters. The number of aryl methyl sites for hydroxylation is 1. The van der Waals surface area contributed by atoms with Crippen LogP contribution in [0, 0.1) is 6.92 Å². The van der Waals surface area contributed by atoms with E-state index in [2.05, 4.69) is 5.32 Å². The van der Waals surface area contributed by atoms with Crippen LogP contribution >= 0.6 is 11.6 Å². The van der Waals surface area contributed by atoms with E-state index in [-0.39, 0.29) is 12.5 Å². The van der Waals surface area contributed by atoms with Crippen molar-refractivity contribution in [3.05, 3.63) is 64.7 Å². The predicted octanol–water partition coefficient (Wildman–Crippen LogP) is 3.75. The van der Waals surface area contributed by atoms with Gasteiger partial charge in [0.25, 0.3) is 0 Å². The third-order valence-corrected chi connectivity index (χ3v) is 6.33. The average molecular weight is 494 g/mol. The monoisotopic (exact) mass is 493 g/mol. The lowest BCUT2D eigenvalue weighted by Gasteiger charge is -2.33. The molecule has 0 aliphatic carbocycles. The molecule has 0 unspecified atom stereocenters. The molecule has 2 aromatic rings. The number of carbonyl (C=O) groups excluding carboxylic acids is 2. The van der Waals surface area contributed by atoms with E-state index in [0.717, 1.165) is 21.7 Å². The zero-order chi connectivity index (χ0) is 25.0. The highest BCUT2D eigenvalue weighted by molar-refractivity contribution is 7.92. The number of para-hydroxylation sites is 1. The molecule has 0 saturated heterocycles. The van der Waals surface area contributed by atoms with Crippen LogP contribution < -0.4 is 9.62 Å². The Balaban J connectivity index is 2.42. The smallest absolute Gasteiger partial charge is 0.244 e. The number of nitrogens with zero attached hydrogens (tertiary/aromatic N) is 2. The number of anilines is 1. The van der Waals surface area contributed by atoms with Crippen molar-refractivity contribution < 1.29 is 18.0 Å². The molecule has 180 valence electrons. The van der Waals surface area contributed by atoms with Gasteiger partial charge in [-0.2, -0.15) is 0 Å². The van der Waals surface area contributed by atoms with Crippen LogP contribution in [0.3, 0.4) is 0 Å². The van der Waals surface area contributed by atoms with Gasteiger partial charge in [-0.25, -0.2) is 8.42 Å². The number of amides is 2. The molecule has 0 aliphatic rings. The van der Waals surface area contributed by atoms with E-state index in [1.807, 2.05) is 20.8 Å². The summed E-state index contributed by atoms with van der Waals surface area (Å²) in [6.45, 7) is 8.63. The highest BCUT2D eigenvalue weighted by atomic mass is 35.5. The van der Waals surface area contributed by atoms with Crippen molar-refractivity contribution in [2.75, 3.05) is 17.1 Å². The molecule has 2 rings (SSSR count). The molecule has 33 heavy (non-hydrogen) atoms. The Labute approximate surface area is 201 Å². The highest BCUT2D eigenvalue weighted by Crippen LogP contribution is 2.23. The summed E-state index contributed by atoms with van der Waals surface area (Å²) >= 11 is 6.11. The summed E-state index contributed by atoms with van der Waals surface area (Å²) in [7, 11) is -3.76. The fourth-order valence-electron chi connectivity index (χ4n) is 3.33. The topological polar surface area (TPSA) is 86.8 Å². The van der Waals surface area contributed by atoms with Crippen LogP contribution in [0.5, 0.6) is 0 Å². The Bertz CT molecular complexity index is 1110. The maximum absolute atomic E-state index is 13.5. The van der Waals surface area contributed by atoms with Crippen molar-refractivity contribution in [3.8, 4) is 0 Å². The molecule has 2 amide bonds. The molecular formula is C24H32ClN3O4S. The highest BCUT2D eigenvalue weighted by Gasteiger charge is 2.31. The normalized spacial score (nSPS) is 12.7. The molecule has 0 spiro atoms. The quantitative estimate of drug-likeness (QED) is 0.606. The van der Waals surface area contributed by atoms with E-state index in [9.17, 15) is 18.0 Å². The van der Waals surface area contributed by atoms with Gasteiger partial charge in [0, 0.05) is 17.1 Å². The van der Waals surface area contributed by atoms with Crippen LogP contribution in [-0.2, 0) is 26.2 Å². The van der Waals surface area contributed by atoms with Gasteiger partial charge in [0.1, 0.15) is 12.6 Å². The van der Waals surface area contributed by atoms with E-state index in [1.54, 1.807) is 62.4 Å². The number of hydrogen-bond donors (Lipinski definition) is 1. The molecule has 1 N–H and O–H groups in total. The largest absolute Gasteiger partial charge is 0.350 e. The molecule has 7 nitrogen and oxygen atoms in total. The van der Waals surface area contributed by atoms with Gasteiger partial charge in [0.05, 0.1) is 11.9 Å². The number of rotatable bonds is 8. The molecule has 0 heterocycles. The van der Waals surface area contributed by atoms with E-state index < -0.39 is 34.1 Å². The molecular weight excluding hydrogens is 462 g/mol. The van der Waals surface area contributed by atoms with Gasteiger partial charge in [-0.15, -0.1) is 0 Å². The summed E-state index contributed by atoms with van der Waals surface area (Å²) in [6, 6.07) is 13.1. The first-order valence-electron chi connectivity index (χ1n) is 10.6. The summed E-state index contributed by atoms with van der Waals surface area (Å²) in [6.07, 6.45) is 1.06. The first-order chi connectivity index (χ1) is 15.2. The molecule has 0 bridgehead atoms. The van der Waals surface area contributed by atoms with Crippen molar-refractivity contribution in [1.82, 2.24) is 10.2 Å². The van der Waals surface area contributed by atoms with Crippen LogP contribution in [0.1, 0.15) is 38.8 Å². The molecule has 0 saturated carbocycles. The van der Waals surface area contributed by atoms with Gasteiger partial charge in [0.15, 0.2) is 0 Å². The van der Waals surface area contributed by atoms with Gasteiger partial charge in [-0.3, -0.25) is 13.9 Å². The van der Waals surface area contributed by atoms with Crippen LogP contribution in [0.2, 0.25) is 5.02 Å². The Hall–Kier alpha value is -2.58. The van der Waals surface area contributed by atoms with Crippen molar-refractivity contribution >= 4 is 39.1 Å². The van der Waals surface area contributed by atoms with Crippen molar-refractivity contribution in [2.24, 2.45) is 0 Å². The van der Waals surface area contributed by atoms with Crippen LogP contribution in [0.25, 0.3) is 0 Å². The van der Waals surface area contributed by atoms with Gasteiger partial charge < -0.3 is 10.2 Å². The maximum atomic E-state index is 13.5. The minimum Gasteiger partial charge on any atom is -0.350 e. The second-order valence-electron chi connectivity index (χ2n) is 9.12. The lowest BCUT2D eigenvalue weighted by molar-refractivity contribution is -0.140. The molecule has 9 heteroatoms. The Morgan fingerprint density at radius 1 is 1.09 bits per heavy atom. The van der Waals surface area contributed by atoms with Crippen molar-refractivity contribution in [3.63, 3.8) is 0 Å². The summed E-state index contributed by atoms with van der Waals surface area (Å²) in [5.41, 5.74) is 1.38. The second kappa shape index (κ2) is 10.6. The average Bonchev–Trinajstić information content (AvgIpc) is 2.68. The third-order valence-electron chi connectivity index (χ3n) is 4.97. The van der Waals surface area contributed by atoms with E-state index in [4.69, 9.17) is 11.6 Å². The van der Waals surface area contributed by atoms with Crippen LogP contribution in [0.4, 0.5) is 5.69 Å². The number of halogens is 1. The van der Waals surface area contributed by atoms with Gasteiger partial charge in [-0.05, 0) is 63.9 Å². The standard InChI is InChI=1S/C24H32ClN3O4S/c1-17-10-7-8-13-21(17)28(33(6,31)32)16-22(29)27(15-19-11-9-12-20(25)14-19)18(2)23(30)26-24(3,4)5/h7-14,18H,15-16H2,1-6H3,(H,26,30)/t18-/m1/s1. The Morgan fingerprint density at radius 3 is 2.27 bits per heavy atom. The number of benzene rings is 2. The van der Waals surface area contributed by atoms with Crippen molar-refractivity contribution in [2.45, 2.75) is 52.7 Å². The molecule has 0 radical (unpaired) electrons. The number of hydrogen-bond acceptors (Lipinski definition) is 4. The third kappa shape index (κ3) is 7.75. The Kier molecular flexibility index (Phi) is 8.54. The zero-order valence-corrected chi connectivity index (χ0v) is 21.5. The minimum atomic E-state index is -3.76. The molecule has 0 aliphatic heterocycles. The number of carbonyl (C=O) groups is 2. The SMILES string of the molecule is Cc1ccccc1N(CC(=O)N(Cc1cccc(Cl)c1)[C@H](C)C(=O)NC(C)(C)C)S(C)(=O)=O. The van der Waals surface area contributed by atoms with E-state index in [0.29, 0.717) is 10.7 Å². The first kappa shape index (κ1) is 26.7. The van der Waals surface area contributed by atoms with Gasteiger partial charge in [0.2, 0.25) is 21.8 Å². The van der Waals surface area contributed by atoms with Crippen LogP contribution in [0.15, 0.2) is 48.5 Å². The number of nitrogens with one attached hydrogen (secondary N) is 1. The fourth-order valence-corrected chi connectivity index (χ4v) is 4.45. The maximum Gasteiger partial charge on any atom is 0.244 e. The molecule has 0 aromatic heterocycles. The van der Waals surface area contributed by atoms with E-state index in [1.165, 1.54) is 4.90 Å². The minimum absolute atomic E-state index is 0.101. The van der Waals surface area contributed by atoms with Crippen molar-refractivity contribution in [1.29, 1.82) is 0 Å². The van der Waals surface area contributed by atoms with Gasteiger partial charge in [-0.1, -0.05) is 41.9 Å². The second-order valence-corrected chi connectivity index (χ2v) is 11.5. The summed E-state index contributed by atoms with van der Waals surface area (Å²) < 4.78 is 26.3. The summed E-state index contributed by atoms with van der Waals surface area (Å²) in [5, 5.41) is 3.39. The number of sulfonamides is 1. The molecule has 0 fully saturated rings. The fraction of sp³-hybridized carbons (Fsp3) is 0.417. The predicted molar refractivity (Wildman–Crippen MR) is 133 cm³/mol. The Morgan fingerprint density at radius 2 is 1.73 bits per heavy atom.